The van der Waals surface area contributed by atoms with Crippen LogP contribution in [-0.4, -0.2) is 54.7 Å². The number of fused-ring (bicyclic) bond motifs is 2. The molecule has 3 saturated heterocycles. The Balaban J connectivity index is 1.88. The first-order valence-electron chi connectivity index (χ1n) is 4.97. The maximum atomic E-state index is 11.5. The second-order valence-electron chi connectivity index (χ2n) is 4.04. The fourth-order valence-electron chi connectivity index (χ4n) is 2.32. The molecule has 2 atom stereocenters. The van der Waals surface area contributed by atoms with Crippen LogP contribution in [0.25, 0.3) is 0 Å². The Hall–Kier alpha value is -1.03. The molecule has 0 radical (unpaired) electrons. The fourth-order valence-corrected chi connectivity index (χ4v) is 2.32. The summed E-state index contributed by atoms with van der Waals surface area (Å²) in [6.45, 7) is 5.77. The molecule has 3 heterocycles. The molecule has 3 rings (SSSR count). The van der Waals surface area contributed by atoms with E-state index in [1.54, 1.807) is 6.08 Å². The zero-order valence-corrected chi connectivity index (χ0v) is 8.48. The average Bonchev–Trinajstić information content (AvgIpc) is 2.14. The van der Waals surface area contributed by atoms with Gasteiger partial charge < -0.3 is 9.64 Å². The van der Waals surface area contributed by atoms with Gasteiger partial charge in [0, 0.05) is 13.1 Å². The summed E-state index contributed by atoms with van der Waals surface area (Å²) >= 11 is 0. The predicted molar refractivity (Wildman–Crippen MR) is 53.1 cm³/mol. The molecule has 0 aromatic carbocycles. The highest BCUT2D eigenvalue weighted by Gasteiger charge is 2.46. The molecule has 2 bridgehead atoms. The summed E-state index contributed by atoms with van der Waals surface area (Å²) in [5.41, 5.74) is 0. The van der Waals surface area contributed by atoms with E-state index in [-0.39, 0.29) is 6.09 Å². The highest BCUT2D eigenvalue weighted by Crippen LogP contribution is 2.31. The molecule has 14 heavy (non-hydrogen) atoms. The number of ether oxygens (including phenoxy) is 1. The van der Waals surface area contributed by atoms with Crippen molar-refractivity contribution >= 4 is 6.09 Å². The highest BCUT2D eigenvalue weighted by molar-refractivity contribution is 5.70. The van der Waals surface area contributed by atoms with Crippen molar-refractivity contribution in [2.75, 3.05) is 26.7 Å². The van der Waals surface area contributed by atoms with Crippen molar-refractivity contribution in [3.8, 4) is 0 Å². The van der Waals surface area contributed by atoms with Crippen LogP contribution in [0, 0.1) is 0 Å². The minimum atomic E-state index is -0.181. The number of hydrogen-bond donors (Lipinski definition) is 0. The molecule has 0 saturated carbocycles. The van der Waals surface area contributed by atoms with Gasteiger partial charge in [0.15, 0.2) is 0 Å². The van der Waals surface area contributed by atoms with E-state index in [0.29, 0.717) is 18.7 Å². The first-order chi connectivity index (χ1) is 6.72. The van der Waals surface area contributed by atoms with Crippen LogP contribution >= 0.6 is 0 Å². The minimum absolute atomic E-state index is 0.181. The Bertz CT molecular complexity index is 243. The third kappa shape index (κ3) is 1.50. The van der Waals surface area contributed by atoms with Crippen molar-refractivity contribution in [2.24, 2.45) is 0 Å². The Morgan fingerprint density at radius 2 is 2.21 bits per heavy atom. The number of carbonyl (C=O) groups excluding carboxylic acids is 1. The van der Waals surface area contributed by atoms with Gasteiger partial charge >= 0.3 is 6.09 Å². The molecule has 4 nitrogen and oxygen atoms in total. The third-order valence-corrected chi connectivity index (χ3v) is 2.91. The zero-order chi connectivity index (χ0) is 10.1. The first-order valence-corrected chi connectivity index (χ1v) is 4.97. The first kappa shape index (κ1) is 9.52. The standard InChI is InChI=1S/C10H16N2O2/c1-3-4-14-10(13)12-8-5-9(12)7-11(2)6-8/h3,8-9H,1,4-7H2,2H3. The van der Waals surface area contributed by atoms with E-state index in [9.17, 15) is 4.79 Å². The van der Waals surface area contributed by atoms with E-state index in [1.807, 2.05) is 4.90 Å². The maximum Gasteiger partial charge on any atom is 0.410 e. The van der Waals surface area contributed by atoms with Crippen LogP contribution in [0.3, 0.4) is 0 Å². The SMILES string of the molecule is C=CCOC(=O)N1C2CC1CN(C)C2. The molecule has 0 N–H and O–H groups in total. The molecule has 1 amide bonds. The van der Waals surface area contributed by atoms with Crippen LogP contribution < -0.4 is 0 Å². The largest absolute Gasteiger partial charge is 0.445 e. The number of rotatable bonds is 2. The monoisotopic (exact) mass is 196 g/mol. The summed E-state index contributed by atoms with van der Waals surface area (Å²) in [6.07, 6.45) is 2.55. The van der Waals surface area contributed by atoms with Crippen molar-refractivity contribution in [3.05, 3.63) is 12.7 Å². The quantitative estimate of drug-likeness (QED) is 0.609. The Labute approximate surface area is 84.1 Å². The average molecular weight is 196 g/mol. The lowest BCUT2D eigenvalue weighted by molar-refractivity contribution is -0.0496. The summed E-state index contributed by atoms with van der Waals surface area (Å²) in [7, 11) is 2.09. The summed E-state index contributed by atoms with van der Waals surface area (Å²) in [4.78, 5) is 15.7. The van der Waals surface area contributed by atoms with Crippen LogP contribution in [-0.2, 0) is 4.74 Å². The lowest BCUT2D eigenvalue weighted by atomic mass is 9.88. The molecule has 0 aromatic heterocycles. The van der Waals surface area contributed by atoms with Gasteiger partial charge in [0.25, 0.3) is 0 Å². The van der Waals surface area contributed by atoms with Crippen LogP contribution in [0.1, 0.15) is 6.42 Å². The van der Waals surface area contributed by atoms with Crippen LogP contribution in [0.15, 0.2) is 12.7 Å². The van der Waals surface area contributed by atoms with Crippen molar-refractivity contribution in [1.29, 1.82) is 0 Å². The summed E-state index contributed by atoms with van der Waals surface area (Å²) in [5, 5.41) is 0. The smallest absolute Gasteiger partial charge is 0.410 e. The highest BCUT2D eigenvalue weighted by atomic mass is 16.6. The van der Waals surface area contributed by atoms with E-state index in [1.165, 1.54) is 0 Å². The van der Waals surface area contributed by atoms with Crippen molar-refractivity contribution < 1.29 is 9.53 Å². The Kier molecular flexibility index (Phi) is 2.46. The Morgan fingerprint density at radius 1 is 1.57 bits per heavy atom. The second kappa shape index (κ2) is 3.61. The maximum absolute atomic E-state index is 11.5. The van der Waals surface area contributed by atoms with E-state index >= 15 is 0 Å². The van der Waals surface area contributed by atoms with E-state index in [4.69, 9.17) is 4.74 Å². The number of nitrogens with zero attached hydrogens (tertiary/aromatic N) is 2. The predicted octanol–water partition coefficient (Wildman–Crippen LogP) is 0.697. The molecular weight excluding hydrogens is 180 g/mol. The normalized spacial score (nSPS) is 30.8. The van der Waals surface area contributed by atoms with Crippen molar-refractivity contribution in [2.45, 2.75) is 18.5 Å². The Morgan fingerprint density at radius 3 is 2.79 bits per heavy atom. The van der Waals surface area contributed by atoms with Gasteiger partial charge in [-0.1, -0.05) is 12.7 Å². The van der Waals surface area contributed by atoms with E-state index < -0.39 is 0 Å². The lowest BCUT2D eigenvalue weighted by Crippen LogP contribution is -2.69. The zero-order valence-electron chi connectivity index (χ0n) is 8.48. The van der Waals surface area contributed by atoms with Gasteiger partial charge in [-0.05, 0) is 13.5 Å². The lowest BCUT2D eigenvalue weighted by Gasteiger charge is -2.54. The second-order valence-corrected chi connectivity index (χ2v) is 4.04. The number of piperazine rings is 1. The molecule has 0 aliphatic carbocycles. The van der Waals surface area contributed by atoms with Crippen molar-refractivity contribution in [1.82, 2.24) is 9.80 Å². The van der Waals surface area contributed by atoms with Crippen LogP contribution in [0.5, 0.6) is 0 Å². The molecule has 78 valence electrons. The van der Waals surface area contributed by atoms with Crippen LogP contribution in [0.4, 0.5) is 4.79 Å². The summed E-state index contributed by atoms with van der Waals surface area (Å²) in [6, 6.07) is 0.743. The molecule has 3 aliphatic heterocycles. The topological polar surface area (TPSA) is 32.8 Å². The molecular formula is C10H16N2O2. The van der Waals surface area contributed by atoms with Gasteiger partial charge in [0.2, 0.25) is 0 Å². The number of likely N-dealkylation sites (N-methyl/N-ethyl adjacent to an activating group) is 1. The number of hydrogen-bond acceptors (Lipinski definition) is 3. The number of amides is 1. The van der Waals surface area contributed by atoms with Gasteiger partial charge in [0.05, 0.1) is 12.1 Å². The third-order valence-electron chi connectivity index (χ3n) is 2.91. The summed E-state index contributed by atoms with van der Waals surface area (Å²) < 4.78 is 5.02. The van der Waals surface area contributed by atoms with E-state index in [0.717, 1.165) is 19.5 Å². The minimum Gasteiger partial charge on any atom is -0.445 e. The molecule has 3 fully saturated rings. The molecule has 2 unspecified atom stereocenters. The van der Waals surface area contributed by atoms with Gasteiger partial charge in [-0.15, -0.1) is 0 Å². The number of piperidine rings is 1. The molecule has 4 heteroatoms. The van der Waals surface area contributed by atoms with Gasteiger partial charge in [0.1, 0.15) is 6.61 Å². The van der Waals surface area contributed by atoms with Gasteiger partial charge in [-0.3, -0.25) is 4.90 Å². The molecule has 3 aliphatic rings. The van der Waals surface area contributed by atoms with Crippen LogP contribution in [0.2, 0.25) is 0 Å². The van der Waals surface area contributed by atoms with Crippen molar-refractivity contribution in [3.63, 3.8) is 0 Å². The number of carbonyl (C=O) groups is 1. The fraction of sp³-hybridized carbons (Fsp3) is 0.700. The van der Waals surface area contributed by atoms with Gasteiger partial charge in [-0.25, -0.2) is 4.79 Å². The molecule has 0 aromatic rings. The van der Waals surface area contributed by atoms with E-state index in [2.05, 4.69) is 18.5 Å². The summed E-state index contributed by atoms with van der Waals surface area (Å²) in [5.74, 6) is 0. The molecule has 0 spiro atoms. The van der Waals surface area contributed by atoms with Gasteiger partial charge in [-0.2, -0.15) is 0 Å².